The molecule has 0 bridgehead atoms. The normalized spacial score (nSPS) is 17.2. The van der Waals surface area contributed by atoms with E-state index in [4.69, 9.17) is 4.74 Å². The molecule has 1 atom stereocenters. The molecule has 0 amide bonds. The first-order chi connectivity index (χ1) is 14.3. The number of halogens is 3. The molecule has 0 N–H and O–H groups in total. The minimum absolute atomic E-state index is 0.0617. The van der Waals surface area contributed by atoms with E-state index in [1.807, 2.05) is 0 Å². The summed E-state index contributed by atoms with van der Waals surface area (Å²) in [4.78, 5) is 26.8. The molecule has 0 spiro atoms. The molecule has 30 heavy (non-hydrogen) atoms. The smallest absolute Gasteiger partial charge is 0.370 e. The molecule has 7 nitrogen and oxygen atoms in total. The minimum atomic E-state index is -4.49. The zero-order valence-electron chi connectivity index (χ0n) is 16.0. The summed E-state index contributed by atoms with van der Waals surface area (Å²) in [7, 11) is 1.57. The summed E-state index contributed by atoms with van der Waals surface area (Å²) in [5.41, 5.74) is -0.113. The second-order valence-corrected chi connectivity index (χ2v) is 6.82. The highest BCUT2D eigenvalue weighted by atomic mass is 19.4. The molecule has 2 aromatic heterocycles. The quantitative estimate of drug-likeness (QED) is 0.653. The van der Waals surface area contributed by atoms with Gasteiger partial charge in [-0.25, -0.2) is 15.0 Å². The summed E-state index contributed by atoms with van der Waals surface area (Å²) in [6, 6.07) is 8.36. The van der Waals surface area contributed by atoms with Gasteiger partial charge in [0.1, 0.15) is 12.4 Å². The van der Waals surface area contributed by atoms with Crippen LogP contribution in [0, 0.1) is 0 Å². The van der Waals surface area contributed by atoms with Gasteiger partial charge in [-0.05, 0) is 17.7 Å². The monoisotopic (exact) mass is 417 g/mol. The van der Waals surface area contributed by atoms with Crippen LogP contribution < -0.4 is 10.5 Å². The lowest BCUT2D eigenvalue weighted by Gasteiger charge is -2.35. The van der Waals surface area contributed by atoms with Crippen LogP contribution in [-0.4, -0.2) is 39.2 Å². The predicted molar refractivity (Wildman–Crippen MR) is 103 cm³/mol. The van der Waals surface area contributed by atoms with Gasteiger partial charge in [-0.1, -0.05) is 18.2 Å². The molecule has 0 unspecified atom stereocenters. The number of ether oxygens (including phenoxy) is 1. The number of rotatable bonds is 3. The average molecular weight is 417 g/mol. The van der Waals surface area contributed by atoms with Gasteiger partial charge in [-0.3, -0.25) is 9.36 Å². The third kappa shape index (κ3) is 3.90. The van der Waals surface area contributed by atoms with Gasteiger partial charge < -0.3 is 9.64 Å². The Bertz CT molecular complexity index is 1100. The van der Waals surface area contributed by atoms with Crippen LogP contribution in [0.5, 0.6) is 0 Å². The second kappa shape index (κ2) is 7.86. The van der Waals surface area contributed by atoms with Crippen LogP contribution in [-0.2, 0) is 18.0 Å². The fraction of sp³-hybridized carbons (Fsp3) is 0.300. The van der Waals surface area contributed by atoms with Gasteiger partial charge in [0.2, 0.25) is 5.95 Å². The SMILES string of the molecule is Cn1c(N2CCO[C@@H](c3ccccc3C(F)(F)F)C2)nc(-c2ccncn2)cc1=O. The van der Waals surface area contributed by atoms with Crippen molar-refractivity contribution in [2.24, 2.45) is 7.05 Å². The maximum absolute atomic E-state index is 13.4. The van der Waals surface area contributed by atoms with Crippen molar-refractivity contribution in [2.75, 3.05) is 24.6 Å². The molecule has 1 aromatic carbocycles. The first-order valence-corrected chi connectivity index (χ1v) is 9.21. The standard InChI is InChI=1S/C20H18F3N5O2/c1-27-18(29)10-16(15-6-7-24-12-25-15)26-19(27)28-8-9-30-17(11-28)13-4-2-3-5-14(13)20(21,22)23/h2-7,10,12,17H,8-9,11H2,1H3/t17-/m1/s1. The van der Waals surface area contributed by atoms with E-state index in [1.54, 1.807) is 30.3 Å². The molecule has 3 heterocycles. The molecule has 0 saturated carbocycles. The Morgan fingerprint density at radius 1 is 1.17 bits per heavy atom. The third-order valence-corrected chi connectivity index (χ3v) is 4.92. The molecule has 1 aliphatic rings. The number of hydrogen-bond acceptors (Lipinski definition) is 6. The van der Waals surface area contributed by atoms with Gasteiger partial charge in [0.25, 0.3) is 5.56 Å². The first kappa shape index (κ1) is 20.0. The van der Waals surface area contributed by atoms with Crippen molar-refractivity contribution >= 4 is 5.95 Å². The van der Waals surface area contributed by atoms with Crippen LogP contribution in [0.3, 0.4) is 0 Å². The Morgan fingerprint density at radius 2 is 1.97 bits per heavy atom. The van der Waals surface area contributed by atoms with Crippen molar-refractivity contribution in [1.82, 2.24) is 19.5 Å². The largest absolute Gasteiger partial charge is 0.416 e. The van der Waals surface area contributed by atoms with E-state index in [0.717, 1.165) is 6.07 Å². The van der Waals surface area contributed by atoms with Gasteiger partial charge >= 0.3 is 6.18 Å². The molecule has 1 fully saturated rings. The van der Waals surface area contributed by atoms with Crippen LogP contribution in [0.1, 0.15) is 17.2 Å². The molecule has 10 heteroatoms. The van der Waals surface area contributed by atoms with Crippen molar-refractivity contribution < 1.29 is 17.9 Å². The highest BCUT2D eigenvalue weighted by Gasteiger charge is 2.36. The molecular weight excluding hydrogens is 399 g/mol. The van der Waals surface area contributed by atoms with E-state index in [9.17, 15) is 18.0 Å². The zero-order valence-corrected chi connectivity index (χ0v) is 16.0. The molecule has 4 rings (SSSR count). The maximum atomic E-state index is 13.4. The molecule has 3 aromatic rings. The summed E-state index contributed by atoms with van der Waals surface area (Å²) < 4.78 is 47.3. The van der Waals surface area contributed by atoms with Crippen molar-refractivity contribution in [2.45, 2.75) is 12.3 Å². The van der Waals surface area contributed by atoms with E-state index < -0.39 is 17.8 Å². The van der Waals surface area contributed by atoms with Crippen molar-refractivity contribution in [3.05, 3.63) is 70.4 Å². The minimum Gasteiger partial charge on any atom is -0.370 e. The average Bonchev–Trinajstić information content (AvgIpc) is 2.75. The van der Waals surface area contributed by atoms with Gasteiger partial charge in [-0.2, -0.15) is 13.2 Å². The molecule has 1 aliphatic heterocycles. The van der Waals surface area contributed by atoms with Gasteiger partial charge in [0, 0.05) is 25.9 Å². The first-order valence-electron chi connectivity index (χ1n) is 9.21. The van der Waals surface area contributed by atoms with E-state index >= 15 is 0 Å². The Hall–Kier alpha value is -3.27. The lowest BCUT2D eigenvalue weighted by Crippen LogP contribution is -2.42. The topological polar surface area (TPSA) is 73.1 Å². The van der Waals surface area contributed by atoms with Gasteiger partial charge in [-0.15, -0.1) is 0 Å². The maximum Gasteiger partial charge on any atom is 0.416 e. The summed E-state index contributed by atoms with van der Waals surface area (Å²) in [6.07, 6.45) is -2.40. The van der Waals surface area contributed by atoms with Gasteiger partial charge in [0.05, 0.1) is 30.1 Å². The number of alkyl halides is 3. The van der Waals surface area contributed by atoms with Crippen LogP contribution in [0.2, 0.25) is 0 Å². The summed E-state index contributed by atoms with van der Waals surface area (Å²) >= 11 is 0. The molecule has 1 saturated heterocycles. The number of anilines is 1. The van der Waals surface area contributed by atoms with Gasteiger partial charge in [0.15, 0.2) is 0 Å². The lowest BCUT2D eigenvalue weighted by atomic mass is 10.0. The summed E-state index contributed by atoms with van der Waals surface area (Å²) in [5, 5.41) is 0. The lowest BCUT2D eigenvalue weighted by molar-refractivity contribution is -0.139. The van der Waals surface area contributed by atoms with Crippen LogP contribution >= 0.6 is 0 Å². The van der Waals surface area contributed by atoms with E-state index in [-0.39, 0.29) is 24.3 Å². The van der Waals surface area contributed by atoms with Crippen molar-refractivity contribution in [3.8, 4) is 11.4 Å². The molecular formula is C20H18F3N5O2. The fourth-order valence-electron chi connectivity index (χ4n) is 3.44. The Balaban J connectivity index is 1.70. The number of hydrogen-bond donors (Lipinski definition) is 0. The number of nitrogens with zero attached hydrogens (tertiary/aromatic N) is 5. The van der Waals surface area contributed by atoms with E-state index in [1.165, 1.54) is 29.1 Å². The molecule has 0 aliphatic carbocycles. The van der Waals surface area contributed by atoms with Crippen LogP contribution in [0.15, 0.2) is 53.7 Å². The third-order valence-electron chi connectivity index (χ3n) is 4.92. The Kier molecular flexibility index (Phi) is 5.25. The summed E-state index contributed by atoms with van der Waals surface area (Å²) in [5.74, 6) is 0.342. The van der Waals surface area contributed by atoms with E-state index in [2.05, 4.69) is 15.0 Å². The van der Waals surface area contributed by atoms with Crippen LogP contribution in [0.25, 0.3) is 11.4 Å². The molecule has 0 radical (unpaired) electrons. The predicted octanol–water partition coefficient (Wildman–Crippen LogP) is 2.83. The fourth-order valence-corrected chi connectivity index (χ4v) is 3.44. The summed E-state index contributed by atoms with van der Waals surface area (Å²) in [6.45, 7) is 0.712. The van der Waals surface area contributed by atoms with E-state index in [0.29, 0.717) is 23.9 Å². The highest BCUT2D eigenvalue weighted by molar-refractivity contribution is 5.55. The number of aromatic nitrogens is 4. The second-order valence-electron chi connectivity index (χ2n) is 6.82. The van der Waals surface area contributed by atoms with Crippen LogP contribution in [0.4, 0.5) is 19.1 Å². The Morgan fingerprint density at radius 3 is 2.70 bits per heavy atom. The molecule has 156 valence electrons. The number of morpholine rings is 1. The van der Waals surface area contributed by atoms with Crippen molar-refractivity contribution in [3.63, 3.8) is 0 Å². The number of benzene rings is 1. The highest BCUT2D eigenvalue weighted by Crippen LogP contribution is 2.37. The Labute approximate surface area is 169 Å². The van der Waals surface area contributed by atoms with Crippen molar-refractivity contribution in [1.29, 1.82) is 0 Å². The zero-order chi connectivity index (χ0) is 21.3.